The van der Waals surface area contributed by atoms with E-state index in [4.69, 9.17) is 0 Å². The Morgan fingerprint density at radius 2 is 1.68 bits per heavy atom. The molecule has 0 amide bonds. The topological polar surface area (TPSA) is 57.5 Å². The van der Waals surface area contributed by atoms with E-state index in [2.05, 4.69) is 22.5 Å². The third kappa shape index (κ3) is 2.57. The van der Waals surface area contributed by atoms with Gasteiger partial charge in [-0.3, -0.25) is 4.57 Å². The van der Waals surface area contributed by atoms with Crippen molar-refractivity contribution in [1.29, 1.82) is 0 Å². The lowest BCUT2D eigenvalue weighted by Gasteiger charge is -2.29. The maximum Gasteiger partial charge on any atom is 0.371 e. The summed E-state index contributed by atoms with van der Waals surface area (Å²) in [4.78, 5) is 19.2. The molecule has 132 valence electrons. The Bertz CT molecular complexity index is 948. The van der Waals surface area contributed by atoms with E-state index >= 15 is 4.39 Å². The predicted molar refractivity (Wildman–Crippen MR) is 101 cm³/mol. The second-order valence-electron chi connectivity index (χ2n) is 7.02. The molecule has 0 bridgehead atoms. The van der Waals surface area contributed by atoms with Crippen LogP contribution in [0.1, 0.15) is 37.5 Å². The lowest BCUT2D eigenvalue weighted by molar-refractivity contribution is 0.238. The Morgan fingerprint density at radius 3 is 2.20 bits per heavy atom. The van der Waals surface area contributed by atoms with Crippen LogP contribution >= 0.6 is 23.5 Å². The summed E-state index contributed by atoms with van der Waals surface area (Å²) in [7, 11) is -5.09. The van der Waals surface area contributed by atoms with Crippen LogP contribution in [0.25, 0.3) is 11.1 Å². The normalized spacial score (nSPS) is 17.6. The number of fused-ring (bicyclic) bond motifs is 3. The minimum atomic E-state index is -5.09. The second kappa shape index (κ2) is 5.62. The van der Waals surface area contributed by atoms with Crippen LogP contribution in [0.5, 0.6) is 0 Å². The van der Waals surface area contributed by atoms with Crippen LogP contribution in [0, 0.1) is 0 Å². The largest absolute Gasteiger partial charge is 0.371 e. The van der Waals surface area contributed by atoms with E-state index < -0.39 is 18.4 Å². The zero-order valence-corrected chi connectivity index (χ0v) is 16.7. The number of rotatable bonds is 3. The molecular weight excluding hydrogens is 406 g/mol. The summed E-state index contributed by atoms with van der Waals surface area (Å²) < 4.78 is 28.2. The molecule has 0 aliphatic heterocycles. The van der Waals surface area contributed by atoms with Crippen LogP contribution in [0.3, 0.4) is 0 Å². The molecule has 0 heterocycles. The first kappa shape index (κ1) is 18.5. The fourth-order valence-corrected chi connectivity index (χ4v) is 4.91. The molecule has 0 saturated carbocycles. The molecule has 0 saturated heterocycles. The molecule has 0 radical (unpaired) electrons. The molecule has 3 nitrogen and oxygen atoms in total. The maximum absolute atomic E-state index is 15.4. The van der Waals surface area contributed by atoms with Crippen LogP contribution in [0.4, 0.5) is 4.39 Å². The molecule has 1 atom stereocenters. The lowest BCUT2D eigenvalue weighted by atomic mass is 9.81. The van der Waals surface area contributed by atoms with Crippen molar-refractivity contribution in [2.75, 3.05) is 0 Å². The summed E-state index contributed by atoms with van der Waals surface area (Å²) in [6.07, 6.45) is 0. The molecule has 2 aromatic carbocycles. The SMILES string of the molecule is C=C(C)C(F)(c1ccc2c(c1)C(C)(C)c1cc(Br)ccc1-2)P(=O)(O)O. The van der Waals surface area contributed by atoms with Gasteiger partial charge in [0.15, 0.2) is 0 Å². The van der Waals surface area contributed by atoms with Gasteiger partial charge in [-0.05, 0) is 46.9 Å². The quantitative estimate of drug-likeness (QED) is 0.495. The molecule has 0 fully saturated rings. The molecule has 0 aromatic heterocycles. The van der Waals surface area contributed by atoms with E-state index in [1.807, 2.05) is 32.0 Å². The molecule has 2 aromatic rings. The van der Waals surface area contributed by atoms with E-state index in [0.717, 1.165) is 26.7 Å². The lowest BCUT2D eigenvalue weighted by Crippen LogP contribution is -2.23. The Hall–Kier alpha value is -1.26. The molecule has 2 N–H and O–H groups in total. The Kier molecular flexibility index (Phi) is 4.16. The van der Waals surface area contributed by atoms with E-state index in [9.17, 15) is 14.4 Å². The highest BCUT2D eigenvalue weighted by atomic mass is 79.9. The highest BCUT2D eigenvalue weighted by Gasteiger charge is 2.51. The summed E-state index contributed by atoms with van der Waals surface area (Å²) in [6, 6.07) is 10.7. The zero-order valence-electron chi connectivity index (χ0n) is 14.2. The van der Waals surface area contributed by atoms with Crippen LogP contribution in [-0.2, 0) is 15.4 Å². The summed E-state index contributed by atoms with van der Waals surface area (Å²) >= 11 is 3.48. The highest BCUT2D eigenvalue weighted by Crippen LogP contribution is 2.62. The monoisotopic (exact) mass is 424 g/mol. The van der Waals surface area contributed by atoms with Gasteiger partial charge in [0.05, 0.1) is 0 Å². The molecule has 1 aliphatic carbocycles. The number of hydrogen-bond donors (Lipinski definition) is 2. The van der Waals surface area contributed by atoms with Gasteiger partial charge in [0.1, 0.15) is 0 Å². The molecule has 3 rings (SSSR count). The number of halogens is 2. The van der Waals surface area contributed by atoms with Crippen LogP contribution in [-0.4, -0.2) is 9.79 Å². The summed E-state index contributed by atoms with van der Waals surface area (Å²) in [5, 5.41) is -2.90. The average molecular weight is 425 g/mol. The third-order valence-corrected chi connectivity index (χ3v) is 6.92. The van der Waals surface area contributed by atoms with E-state index in [1.165, 1.54) is 13.0 Å². The van der Waals surface area contributed by atoms with Crippen LogP contribution < -0.4 is 0 Å². The van der Waals surface area contributed by atoms with Gasteiger partial charge in [-0.15, -0.1) is 0 Å². The van der Waals surface area contributed by atoms with Crippen LogP contribution in [0.15, 0.2) is 53.0 Å². The minimum Gasteiger partial charge on any atom is -0.322 e. The summed E-state index contributed by atoms with van der Waals surface area (Å²) in [5.41, 5.74) is 3.25. The number of hydrogen-bond acceptors (Lipinski definition) is 1. The van der Waals surface area contributed by atoms with Crippen molar-refractivity contribution in [3.63, 3.8) is 0 Å². The van der Waals surface area contributed by atoms with Gasteiger partial charge in [-0.25, -0.2) is 4.39 Å². The summed E-state index contributed by atoms with van der Waals surface area (Å²) in [6.45, 7) is 8.81. The van der Waals surface area contributed by atoms with Gasteiger partial charge in [0.2, 0.25) is 0 Å². The van der Waals surface area contributed by atoms with Crippen molar-refractivity contribution < 1.29 is 18.7 Å². The molecule has 6 heteroatoms. The molecule has 1 aliphatic rings. The van der Waals surface area contributed by atoms with E-state index in [1.54, 1.807) is 12.1 Å². The first-order valence-corrected chi connectivity index (χ1v) is 10.2. The van der Waals surface area contributed by atoms with Gasteiger partial charge in [-0.1, -0.05) is 60.6 Å². The van der Waals surface area contributed by atoms with E-state index in [-0.39, 0.29) is 11.1 Å². The van der Waals surface area contributed by atoms with Gasteiger partial charge in [0, 0.05) is 15.5 Å². The zero-order chi connectivity index (χ0) is 18.8. The van der Waals surface area contributed by atoms with E-state index in [0.29, 0.717) is 0 Å². The Balaban J connectivity index is 2.27. The third-order valence-electron chi connectivity index (χ3n) is 4.99. The fourth-order valence-electron chi connectivity index (χ4n) is 3.58. The molecule has 1 unspecified atom stereocenters. The molecular formula is C19H19BrFO3P. The summed E-state index contributed by atoms with van der Waals surface area (Å²) in [5.74, 6) is 0. The fraction of sp³-hybridized carbons (Fsp3) is 0.263. The maximum atomic E-state index is 15.4. The second-order valence-corrected chi connectivity index (χ2v) is 9.64. The first-order chi connectivity index (χ1) is 11.4. The van der Waals surface area contributed by atoms with Crippen LogP contribution in [0.2, 0.25) is 0 Å². The van der Waals surface area contributed by atoms with Gasteiger partial charge < -0.3 is 9.79 Å². The highest BCUT2D eigenvalue weighted by molar-refractivity contribution is 9.10. The van der Waals surface area contributed by atoms with Crippen molar-refractivity contribution >= 4 is 23.5 Å². The minimum absolute atomic E-state index is 0.0629. The van der Waals surface area contributed by atoms with Gasteiger partial charge >= 0.3 is 7.60 Å². The number of allylic oxidation sites excluding steroid dienone is 1. The Morgan fingerprint density at radius 1 is 1.16 bits per heavy atom. The van der Waals surface area contributed by atoms with Crippen molar-refractivity contribution in [2.45, 2.75) is 31.6 Å². The average Bonchev–Trinajstić information content (AvgIpc) is 2.73. The number of alkyl halides is 1. The van der Waals surface area contributed by atoms with Gasteiger partial charge in [0.25, 0.3) is 5.41 Å². The number of benzene rings is 2. The first-order valence-electron chi connectivity index (χ1n) is 7.76. The van der Waals surface area contributed by atoms with Crippen molar-refractivity contribution in [3.8, 4) is 11.1 Å². The predicted octanol–water partition coefficient (Wildman–Crippen LogP) is 5.63. The standard InChI is InChI=1S/C19H19BrFO3P/c1-11(2)19(21,25(22,23)24)12-5-7-14-15-8-6-13(20)10-17(15)18(3,4)16(14)9-12/h5-10H,1H2,2-4H3,(H2,22,23,24). The van der Waals surface area contributed by atoms with Crippen molar-refractivity contribution in [2.24, 2.45) is 0 Å². The smallest absolute Gasteiger partial charge is 0.322 e. The Labute approximate surface area is 154 Å². The molecule has 25 heavy (non-hydrogen) atoms. The van der Waals surface area contributed by atoms with Crippen molar-refractivity contribution in [1.82, 2.24) is 0 Å². The molecule has 0 spiro atoms. The van der Waals surface area contributed by atoms with Gasteiger partial charge in [-0.2, -0.15) is 0 Å². The van der Waals surface area contributed by atoms with Crippen molar-refractivity contribution in [3.05, 3.63) is 69.7 Å².